The first-order valence-electron chi connectivity index (χ1n) is 9.40. The molecule has 3 N–H and O–H groups in total. The van der Waals surface area contributed by atoms with Gasteiger partial charge in [-0.1, -0.05) is 12.1 Å². The molecule has 160 valence electrons. The fourth-order valence-corrected chi connectivity index (χ4v) is 2.54. The zero-order valence-corrected chi connectivity index (χ0v) is 17.8. The van der Waals surface area contributed by atoms with Crippen LogP contribution in [0.2, 0.25) is 0 Å². The number of hydrogen-bond acceptors (Lipinski definition) is 5. The number of benzene rings is 2. The summed E-state index contributed by atoms with van der Waals surface area (Å²) < 4.78 is 10.4. The summed E-state index contributed by atoms with van der Waals surface area (Å²) in [6, 6.07) is 11.8. The van der Waals surface area contributed by atoms with Crippen molar-refractivity contribution in [1.29, 1.82) is 0 Å². The van der Waals surface area contributed by atoms with Crippen LogP contribution in [0.4, 0.5) is 16.2 Å². The predicted octanol–water partition coefficient (Wildman–Crippen LogP) is 3.72. The van der Waals surface area contributed by atoms with Crippen molar-refractivity contribution in [2.45, 2.75) is 33.3 Å². The molecule has 8 heteroatoms. The van der Waals surface area contributed by atoms with Crippen LogP contribution in [0.15, 0.2) is 42.5 Å². The van der Waals surface area contributed by atoms with Crippen molar-refractivity contribution in [3.8, 4) is 5.75 Å². The van der Waals surface area contributed by atoms with E-state index in [0.717, 1.165) is 5.56 Å². The maximum absolute atomic E-state index is 12.4. The molecule has 3 amide bonds. The fourth-order valence-electron chi connectivity index (χ4n) is 2.54. The minimum Gasteiger partial charge on any atom is -0.495 e. The van der Waals surface area contributed by atoms with E-state index >= 15 is 0 Å². The zero-order valence-electron chi connectivity index (χ0n) is 17.8. The second kappa shape index (κ2) is 9.78. The third-order valence-electron chi connectivity index (χ3n) is 3.81. The second-order valence-electron chi connectivity index (χ2n) is 7.64. The molecule has 0 aliphatic rings. The molecule has 0 bridgehead atoms. The summed E-state index contributed by atoms with van der Waals surface area (Å²) in [4.78, 5) is 36.5. The Bertz CT molecular complexity index is 935. The van der Waals surface area contributed by atoms with E-state index < -0.39 is 23.5 Å². The first kappa shape index (κ1) is 22.7. The minimum absolute atomic E-state index is 0.223. The van der Waals surface area contributed by atoms with Crippen molar-refractivity contribution in [2.75, 3.05) is 24.3 Å². The van der Waals surface area contributed by atoms with Crippen LogP contribution in [0, 0.1) is 6.92 Å². The molecule has 2 rings (SSSR count). The average Bonchev–Trinajstić information content (AvgIpc) is 2.65. The summed E-state index contributed by atoms with van der Waals surface area (Å²) in [6.07, 6.45) is -0.619. The Hall–Kier alpha value is -3.55. The highest BCUT2D eigenvalue weighted by molar-refractivity contribution is 6.00. The van der Waals surface area contributed by atoms with Crippen molar-refractivity contribution in [3.63, 3.8) is 0 Å². The molecule has 0 radical (unpaired) electrons. The molecule has 0 spiro atoms. The quantitative estimate of drug-likeness (QED) is 0.669. The fraction of sp³-hybridized carbons (Fsp3) is 0.318. The van der Waals surface area contributed by atoms with Gasteiger partial charge in [-0.25, -0.2) is 4.79 Å². The Labute approximate surface area is 175 Å². The average molecular weight is 413 g/mol. The van der Waals surface area contributed by atoms with Crippen LogP contribution in [0.25, 0.3) is 0 Å². The molecule has 0 saturated heterocycles. The number of amides is 3. The third kappa shape index (κ3) is 7.12. The normalized spacial score (nSPS) is 10.7. The van der Waals surface area contributed by atoms with Gasteiger partial charge in [0.15, 0.2) is 0 Å². The number of anilines is 2. The highest BCUT2D eigenvalue weighted by Gasteiger charge is 2.17. The van der Waals surface area contributed by atoms with Gasteiger partial charge in [0, 0.05) is 11.3 Å². The van der Waals surface area contributed by atoms with E-state index in [1.54, 1.807) is 51.1 Å². The van der Waals surface area contributed by atoms with Gasteiger partial charge in [0.05, 0.1) is 19.3 Å². The van der Waals surface area contributed by atoms with E-state index in [-0.39, 0.29) is 6.54 Å². The van der Waals surface area contributed by atoms with Crippen LogP contribution >= 0.6 is 0 Å². The Morgan fingerprint density at radius 2 is 1.73 bits per heavy atom. The molecule has 0 unspecified atom stereocenters. The molecule has 0 saturated carbocycles. The monoisotopic (exact) mass is 413 g/mol. The lowest BCUT2D eigenvalue weighted by Crippen LogP contribution is -2.33. The smallest absolute Gasteiger partial charge is 0.412 e. The van der Waals surface area contributed by atoms with E-state index in [2.05, 4.69) is 16.0 Å². The zero-order chi connectivity index (χ0) is 22.3. The molecule has 2 aromatic carbocycles. The van der Waals surface area contributed by atoms with Crippen molar-refractivity contribution in [2.24, 2.45) is 0 Å². The molecule has 30 heavy (non-hydrogen) atoms. The van der Waals surface area contributed by atoms with Gasteiger partial charge in [-0.15, -0.1) is 0 Å². The van der Waals surface area contributed by atoms with Gasteiger partial charge in [0.25, 0.3) is 5.91 Å². The number of methoxy groups -OCH3 is 1. The van der Waals surface area contributed by atoms with Gasteiger partial charge in [0.1, 0.15) is 11.4 Å². The Kier molecular flexibility index (Phi) is 7.41. The van der Waals surface area contributed by atoms with E-state index in [4.69, 9.17) is 9.47 Å². The summed E-state index contributed by atoms with van der Waals surface area (Å²) in [5.41, 5.74) is 1.56. The van der Waals surface area contributed by atoms with Crippen molar-refractivity contribution >= 4 is 29.3 Å². The van der Waals surface area contributed by atoms with Gasteiger partial charge in [0.2, 0.25) is 5.91 Å². The predicted molar refractivity (Wildman–Crippen MR) is 115 cm³/mol. The molecular formula is C22H27N3O5. The molecule has 8 nitrogen and oxygen atoms in total. The number of carbonyl (C=O) groups is 3. The van der Waals surface area contributed by atoms with Gasteiger partial charge < -0.3 is 20.1 Å². The first-order chi connectivity index (χ1) is 14.1. The highest BCUT2D eigenvalue weighted by atomic mass is 16.6. The van der Waals surface area contributed by atoms with Crippen LogP contribution in [0.5, 0.6) is 5.75 Å². The van der Waals surface area contributed by atoms with Crippen LogP contribution in [-0.2, 0) is 9.53 Å². The van der Waals surface area contributed by atoms with Crippen LogP contribution in [0.3, 0.4) is 0 Å². The molecule has 0 aliphatic carbocycles. The molecule has 0 atom stereocenters. The van der Waals surface area contributed by atoms with Gasteiger partial charge in [-0.05, 0) is 63.6 Å². The lowest BCUT2D eigenvalue weighted by molar-refractivity contribution is -0.115. The summed E-state index contributed by atoms with van der Waals surface area (Å²) in [6.45, 7) is 6.95. The Morgan fingerprint density at radius 1 is 1.00 bits per heavy atom. The molecule has 0 fully saturated rings. The first-order valence-corrected chi connectivity index (χ1v) is 9.40. The van der Waals surface area contributed by atoms with E-state index in [9.17, 15) is 14.4 Å². The third-order valence-corrected chi connectivity index (χ3v) is 3.81. The molecule has 0 heterocycles. The Balaban J connectivity index is 1.94. The van der Waals surface area contributed by atoms with Crippen molar-refractivity contribution in [1.82, 2.24) is 5.32 Å². The summed E-state index contributed by atoms with van der Waals surface area (Å²) in [7, 11) is 1.51. The molecule has 0 aromatic heterocycles. The summed E-state index contributed by atoms with van der Waals surface area (Å²) in [5.74, 6) is -0.314. The second-order valence-corrected chi connectivity index (χ2v) is 7.64. The number of ether oxygens (including phenoxy) is 2. The number of nitrogens with one attached hydrogen (secondary N) is 3. The lowest BCUT2D eigenvalue weighted by Gasteiger charge is -2.19. The Morgan fingerprint density at radius 3 is 2.40 bits per heavy atom. The highest BCUT2D eigenvalue weighted by Crippen LogP contribution is 2.25. The maximum Gasteiger partial charge on any atom is 0.412 e. The maximum atomic E-state index is 12.4. The van der Waals surface area contributed by atoms with E-state index in [1.807, 2.05) is 13.0 Å². The SMILES string of the molecule is COc1ccc(C)cc1NC(=O)CNC(=O)c1cccc(NC(=O)OC(C)(C)C)c1. The largest absolute Gasteiger partial charge is 0.495 e. The summed E-state index contributed by atoms with van der Waals surface area (Å²) >= 11 is 0. The van der Waals surface area contributed by atoms with E-state index in [1.165, 1.54) is 13.2 Å². The van der Waals surface area contributed by atoms with Gasteiger partial charge in [-0.2, -0.15) is 0 Å². The van der Waals surface area contributed by atoms with Crippen LogP contribution in [0.1, 0.15) is 36.7 Å². The van der Waals surface area contributed by atoms with Gasteiger partial charge in [-0.3, -0.25) is 14.9 Å². The van der Waals surface area contributed by atoms with Crippen LogP contribution < -0.4 is 20.7 Å². The standard InChI is InChI=1S/C22H27N3O5/c1-14-9-10-18(29-5)17(11-14)25-19(26)13-23-20(27)15-7-6-8-16(12-15)24-21(28)30-22(2,3)4/h6-12H,13H2,1-5H3,(H,23,27)(H,24,28)(H,25,26). The minimum atomic E-state index is -0.633. The number of carbonyl (C=O) groups excluding carboxylic acids is 3. The summed E-state index contributed by atoms with van der Waals surface area (Å²) in [5, 5.41) is 7.85. The number of hydrogen-bond donors (Lipinski definition) is 3. The van der Waals surface area contributed by atoms with Crippen LogP contribution in [-0.4, -0.2) is 37.2 Å². The number of rotatable bonds is 6. The number of aryl methyl sites for hydroxylation is 1. The lowest BCUT2D eigenvalue weighted by atomic mass is 10.2. The van der Waals surface area contributed by atoms with Gasteiger partial charge >= 0.3 is 6.09 Å². The van der Waals surface area contributed by atoms with Crippen molar-refractivity contribution in [3.05, 3.63) is 53.6 Å². The molecular weight excluding hydrogens is 386 g/mol. The van der Waals surface area contributed by atoms with Crippen molar-refractivity contribution < 1.29 is 23.9 Å². The molecule has 0 aliphatic heterocycles. The molecule has 2 aromatic rings. The topological polar surface area (TPSA) is 106 Å². The van der Waals surface area contributed by atoms with E-state index in [0.29, 0.717) is 22.7 Å².